The van der Waals surface area contributed by atoms with Crippen molar-refractivity contribution in [1.82, 2.24) is 4.90 Å². The minimum atomic E-state index is 0.0754. The van der Waals surface area contributed by atoms with E-state index < -0.39 is 0 Å². The predicted molar refractivity (Wildman–Crippen MR) is 90.9 cm³/mol. The van der Waals surface area contributed by atoms with Gasteiger partial charge in [0.15, 0.2) is 5.78 Å². The molecule has 122 valence electrons. The Hall–Kier alpha value is -1.35. The molecule has 1 fully saturated rings. The largest absolute Gasteiger partial charge is 0.490 e. The van der Waals surface area contributed by atoms with Gasteiger partial charge in [0.05, 0.1) is 18.2 Å². The summed E-state index contributed by atoms with van der Waals surface area (Å²) >= 11 is 0. The quantitative estimate of drug-likeness (QED) is 0.735. The number of benzene rings is 1. The number of piperidine rings is 1. The fourth-order valence-electron chi connectivity index (χ4n) is 2.89. The number of likely N-dealkylation sites (tertiary alicyclic amines) is 1. The first-order valence-electron chi connectivity index (χ1n) is 8.53. The van der Waals surface area contributed by atoms with Gasteiger partial charge in [-0.3, -0.25) is 9.69 Å². The molecule has 1 aromatic carbocycles. The Kier molecular flexibility index (Phi) is 6.01. The fourth-order valence-corrected chi connectivity index (χ4v) is 2.89. The molecule has 0 atom stereocenters. The first-order valence-corrected chi connectivity index (χ1v) is 8.53. The van der Waals surface area contributed by atoms with Crippen molar-refractivity contribution in [3.63, 3.8) is 0 Å². The SMILES string of the molecule is CC(C)Oc1ccc(C(C)C)cc1C(=O)CN1CCCCC1. The van der Waals surface area contributed by atoms with Crippen molar-refractivity contribution in [2.45, 2.75) is 59.0 Å². The van der Waals surface area contributed by atoms with Crippen LogP contribution in [0.15, 0.2) is 18.2 Å². The van der Waals surface area contributed by atoms with Gasteiger partial charge in [0.2, 0.25) is 0 Å². The molecule has 0 N–H and O–H groups in total. The first-order chi connectivity index (χ1) is 10.5. The van der Waals surface area contributed by atoms with Gasteiger partial charge in [-0.1, -0.05) is 26.3 Å². The van der Waals surface area contributed by atoms with Crippen molar-refractivity contribution in [3.05, 3.63) is 29.3 Å². The van der Waals surface area contributed by atoms with Crippen LogP contribution in [0.1, 0.15) is 68.8 Å². The van der Waals surface area contributed by atoms with Crippen LogP contribution in [0, 0.1) is 0 Å². The number of hydrogen-bond acceptors (Lipinski definition) is 3. The lowest BCUT2D eigenvalue weighted by Crippen LogP contribution is -2.34. The lowest BCUT2D eigenvalue weighted by molar-refractivity contribution is 0.0910. The Balaban J connectivity index is 2.20. The normalized spacial score (nSPS) is 16.3. The van der Waals surface area contributed by atoms with Crippen LogP contribution in [0.4, 0.5) is 0 Å². The molecule has 1 aliphatic heterocycles. The molecule has 1 aromatic rings. The van der Waals surface area contributed by atoms with Gasteiger partial charge >= 0.3 is 0 Å². The van der Waals surface area contributed by atoms with Gasteiger partial charge in [-0.05, 0) is 63.4 Å². The summed E-state index contributed by atoms with van der Waals surface area (Å²) < 4.78 is 5.85. The monoisotopic (exact) mass is 303 g/mol. The number of hydrogen-bond donors (Lipinski definition) is 0. The zero-order valence-corrected chi connectivity index (χ0v) is 14.4. The van der Waals surface area contributed by atoms with E-state index >= 15 is 0 Å². The Morgan fingerprint density at radius 1 is 1.14 bits per heavy atom. The number of nitrogens with zero attached hydrogens (tertiary/aromatic N) is 1. The number of ether oxygens (including phenoxy) is 1. The van der Waals surface area contributed by atoms with Gasteiger partial charge in [-0.2, -0.15) is 0 Å². The van der Waals surface area contributed by atoms with E-state index in [1.54, 1.807) is 0 Å². The van der Waals surface area contributed by atoms with Crippen molar-refractivity contribution in [2.24, 2.45) is 0 Å². The Bertz CT molecular complexity index is 502. The summed E-state index contributed by atoms with van der Waals surface area (Å²) in [5.74, 6) is 1.32. The summed E-state index contributed by atoms with van der Waals surface area (Å²) in [6, 6.07) is 6.05. The lowest BCUT2D eigenvalue weighted by Gasteiger charge is -2.26. The molecule has 0 aliphatic carbocycles. The molecule has 0 bridgehead atoms. The maximum Gasteiger partial charge on any atom is 0.180 e. The molecular formula is C19H29NO2. The highest BCUT2D eigenvalue weighted by Crippen LogP contribution is 2.26. The fraction of sp³-hybridized carbons (Fsp3) is 0.632. The molecule has 3 heteroatoms. The molecule has 1 aliphatic rings. The van der Waals surface area contributed by atoms with E-state index in [4.69, 9.17) is 4.74 Å². The second-order valence-corrected chi connectivity index (χ2v) is 6.84. The highest BCUT2D eigenvalue weighted by Gasteiger charge is 2.19. The van der Waals surface area contributed by atoms with Crippen molar-refractivity contribution in [3.8, 4) is 5.75 Å². The van der Waals surface area contributed by atoms with E-state index in [-0.39, 0.29) is 11.9 Å². The van der Waals surface area contributed by atoms with Gasteiger partial charge in [-0.25, -0.2) is 0 Å². The summed E-state index contributed by atoms with van der Waals surface area (Å²) in [7, 11) is 0. The zero-order chi connectivity index (χ0) is 16.1. The Morgan fingerprint density at radius 2 is 1.82 bits per heavy atom. The van der Waals surface area contributed by atoms with Gasteiger partial charge in [0.25, 0.3) is 0 Å². The number of rotatable bonds is 6. The highest BCUT2D eigenvalue weighted by molar-refractivity contribution is 6.00. The molecule has 0 saturated carbocycles. The van der Waals surface area contributed by atoms with E-state index in [1.807, 2.05) is 26.0 Å². The van der Waals surface area contributed by atoms with E-state index in [0.29, 0.717) is 12.5 Å². The van der Waals surface area contributed by atoms with Crippen LogP contribution >= 0.6 is 0 Å². The molecular weight excluding hydrogens is 274 g/mol. The third-order valence-corrected chi connectivity index (χ3v) is 4.15. The van der Waals surface area contributed by atoms with Gasteiger partial charge in [-0.15, -0.1) is 0 Å². The molecule has 0 radical (unpaired) electrons. The minimum absolute atomic E-state index is 0.0754. The van der Waals surface area contributed by atoms with Crippen molar-refractivity contribution in [2.75, 3.05) is 19.6 Å². The second-order valence-electron chi connectivity index (χ2n) is 6.84. The average Bonchev–Trinajstić information content (AvgIpc) is 2.47. The summed E-state index contributed by atoms with van der Waals surface area (Å²) in [5.41, 5.74) is 1.93. The molecule has 22 heavy (non-hydrogen) atoms. The number of carbonyl (C=O) groups is 1. The highest BCUT2D eigenvalue weighted by atomic mass is 16.5. The van der Waals surface area contributed by atoms with Crippen molar-refractivity contribution < 1.29 is 9.53 Å². The van der Waals surface area contributed by atoms with E-state index in [1.165, 1.54) is 24.8 Å². The molecule has 0 amide bonds. The smallest absolute Gasteiger partial charge is 0.180 e. The molecule has 3 nitrogen and oxygen atoms in total. The van der Waals surface area contributed by atoms with Gasteiger partial charge in [0, 0.05) is 0 Å². The average molecular weight is 303 g/mol. The number of carbonyl (C=O) groups excluding carboxylic acids is 1. The molecule has 1 heterocycles. The van der Waals surface area contributed by atoms with Crippen molar-refractivity contribution >= 4 is 5.78 Å². The maximum atomic E-state index is 12.8. The molecule has 1 saturated heterocycles. The van der Waals surface area contributed by atoms with E-state index in [2.05, 4.69) is 24.8 Å². The topological polar surface area (TPSA) is 29.5 Å². The Labute approximate surface area is 134 Å². The first kappa shape index (κ1) is 17.0. The molecule has 0 unspecified atom stereocenters. The van der Waals surface area contributed by atoms with Crippen LogP contribution in [0.25, 0.3) is 0 Å². The summed E-state index contributed by atoms with van der Waals surface area (Å²) in [6.07, 6.45) is 3.77. The van der Waals surface area contributed by atoms with E-state index in [9.17, 15) is 4.79 Å². The lowest BCUT2D eigenvalue weighted by atomic mass is 9.98. The van der Waals surface area contributed by atoms with Crippen LogP contribution in [-0.2, 0) is 0 Å². The Morgan fingerprint density at radius 3 is 2.41 bits per heavy atom. The summed E-state index contributed by atoms with van der Waals surface area (Å²) in [6.45, 7) is 10.9. The molecule has 0 spiro atoms. The van der Waals surface area contributed by atoms with Crippen LogP contribution < -0.4 is 4.74 Å². The number of Topliss-reactive ketones (excluding diaryl/α,β-unsaturated/α-hetero) is 1. The van der Waals surface area contributed by atoms with Gasteiger partial charge < -0.3 is 4.74 Å². The second kappa shape index (κ2) is 7.77. The van der Waals surface area contributed by atoms with E-state index in [0.717, 1.165) is 24.4 Å². The van der Waals surface area contributed by atoms with Crippen LogP contribution in [0.2, 0.25) is 0 Å². The number of ketones is 1. The van der Waals surface area contributed by atoms with Crippen molar-refractivity contribution in [1.29, 1.82) is 0 Å². The van der Waals surface area contributed by atoms with Crippen LogP contribution in [-0.4, -0.2) is 36.4 Å². The van der Waals surface area contributed by atoms with Gasteiger partial charge in [0.1, 0.15) is 5.75 Å². The maximum absolute atomic E-state index is 12.8. The van der Waals surface area contributed by atoms with Crippen LogP contribution in [0.5, 0.6) is 5.75 Å². The zero-order valence-electron chi connectivity index (χ0n) is 14.4. The predicted octanol–water partition coefficient (Wildman–Crippen LogP) is 4.27. The van der Waals surface area contributed by atoms with Crippen LogP contribution in [0.3, 0.4) is 0 Å². The summed E-state index contributed by atoms with van der Waals surface area (Å²) in [4.78, 5) is 15.0. The molecule has 2 rings (SSSR count). The minimum Gasteiger partial charge on any atom is -0.490 e. The summed E-state index contributed by atoms with van der Waals surface area (Å²) in [5, 5.41) is 0. The third kappa shape index (κ3) is 4.57. The third-order valence-electron chi connectivity index (χ3n) is 4.15. The standard InChI is InChI=1S/C19H29NO2/c1-14(2)16-8-9-19(22-15(3)4)17(12-16)18(21)13-20-10-6-5-7-11-20/h8-9,12,14-15H,5-7,10-11,13H2,1-4H3. The molecule has 0 aromatic heterocycles.